The van der Waals surface area contributed by atoms with Gasteiger partial charge in [-0.3, -0.25) is 0 Å². The Morgan fingerprint density at radius 1 is 0.282 bits per heavy atom. The Kier molecular flexibility index (Phi) is 13.0. The molecule has 4 heterocycles. The molecule has 0 aliphatic rings. The lowest BCUT2D eigenvalue weighted by Gasteiger charge is -2.27. The number of ether oxygens (including phenoxy) is 4. The third-order valence-corrected chi connectivity index (χ3v) is 15.3. The van der Waals surface area contributed by atoms with Gasteiger partial charge in [0.2, 0.25) is 0 Å². The number of hydrogen-bond donors (Lipinski definition) is 4. The van der Waals surface area contributed by atoms with Crippen molar-refractivity contribution in [1.29, 1.82) is 0 Å². The van der Waals surface area contributed by atoms with Crippen molar-refractivity contribution in [1.82, 2.24) is 19.9 Å². The standard InChI is InChI=1S/C64H60N10O4/c1-75-41-15-23-57-49(33-41)61(65)45-29-37(11-19-53(45)69-57)73(38-12-20-54-46(30-38)62(66)50-34-42(76-2)16-24-58(50)70-54)27-9-7-5-6-8-10-28-74(39-13-21-55-47(31-39)63(67)51-35-43(77-3)17-25-59(51)71-55)40-14-22-56-48(32-40)64(68)52-36-44(78-4)18-26-60(52)72-56/h11-26,29-36H,5-10,27-28H2,1-4H3,(H2,65,69)(H2,66,70)(H2,67,71)(H2,68,72). The lowest BCUT2D eigenvalue weighted by Crippen LogP contribution is -2.19. The van der Waals surface area contributed by atoms with E-state index in [4.69, 9.17) is 61.8 Å². The molecule has 0 amide bonds. The van der Waals surface area contributed by atoms with E-state index in [1.807, 2.05) is 72.8 Å². The number of hydrogen-bond acceptors (Lipinski definition) is 14. The fourth-order valence-electron chi connectivity index (χ4n) is 11.0. The molecular weight excluding hydrogens is 973 g/mol. The predicted octanol–water partition coefficient (Wildman–Crippen LogP) is 14.2. The van der Waals surface area contributed by atoms with Crippen LogP contribution in [0, 0.1) is 0 Å². The molecule has 78 heavy (non-hydrogen) atoms. The number of nitrogens with zero attached hydrogens (tertiary/aromatic N) is 6. The number of methoxy groups -OCH3 is 4. The predicted molar refractivity (Wildman–Crippen MR) is 323 cm³/mol. The summed E-state index contributed by atoms with van der Waals surface area (Å²) in [5, 5.41) is 6.92. The van der Waals surface area contributed by atoms with E-state index in [9.17, 15) is 0 Å². The first-order valence-corrected chi connectivity index (χ1v) is 26.3. The van der Waals surface area contributed by atoms with E-state index in [1.165, 1.54) is 0 Å². The normalized spacial score (nSPS) is 11.7. The lowest BCUT2D eigenvalue weighted by molar-refractivity contribution is 0.415. The Morgan fingerprint density at radius 2 is 0.487 bits per heavy atom. The first-order valence-electron chi connectivity index (χ1n) is 26.3. The molecule has 8 aromatic carbocycles. The Hall–Kier alpha value is -9.56. The van der Waals surface area contributed by atoms with Crippen molar-refractivity contribution in [3.05, 3.63) is 146 Å². The number of nitrogens with two attached hydrogens (primary N) is 4. The van der Waals surface area contributed by atoms with Gasteiger partial charge in [0.25, 0.3) is 0 Å². The van der Waals surface area contributed by atoms with Crippen molar-refractivity contribution < 1.29 is 18.9 Å². The van der Waals surface area contributed by atoms with Gasteiger partial charge in [0.1, 0.15) is 23.0 Å². The van der Waals surface area contributed by atoms with E-state index in [1.54, 1.807) is 28.4 Å². The van der Waals surface area contributed by atoms with Crippen molar-refractivity contribution in [2.24, 2.45) is 0 Å². The molecule has 0 fully saturated rings. The molecule has 14 heteroatoms. The van der Waals surface area contributed by atoms with Gasteiger partial charge in [0.15, 0.2) is 0 Å². The monoisotopic (exact) mass is 1030 g/mol. The van der Waals surface area contributed by atoms with Crippen molar-refractivity contribution in [2.75, 3.05) is 74.3 Å². The SMILES string of the molecule is COc1ccc2nc3ccc(N(CCCCCCCCN(c4ccc5nc6ccc(OC)cc6c(N)c5c4)c4ccc5nc6ccc(OC)cc6c(N)c5c4)c4ccc5nc6ccc(OC)cc6c(N)c5c4)cc3c(N)c2c1. The Labute approximate surface area is 451 Å². The average molecular weight is 1030 g/mol. The fraction of sp³-hybridized carbons (Fsp3) is 0.188. The minimum absolute atomic E-state index is 0.662. The maximum atomic E-state index is 6.96. The van der Waals surface area contributed by atoms with E-state index in [0.29, 0.717) is 22.7 Å². The molecule has 8 N–H and O–H groups in total. The highest BCUT2D eigenvalue weighted by Crippen LogP contribution is 2.41. The molecule has 0 bridgehead atoms. The molecule has 14 nitrogen and oxygen atoms in total. The zero-order valence-corrected chi connectivity index (χ0v) is 44.1. The van der Waals surface area contributed by atoms with E-state index in [2.05, 4.69) is 82.6 Å². The number of unbranched alkanes of at least 4 members (excludes halogenated alkanes) is 5. The first kappa shape index (κ1) is 49.3. The number of pyridine rings is 4. The number of fused-ring (bicyclic) bond motifs is 8. The van der Waals surface area contributed by atoms with Crippen LogP contribution in [-0.4, -0.2) is 61.5 Å². The second-order valence-corrected chi connectivity index (χ2v) is 19.9. The minimum Gasteiger partial charge on any atom is -0.497 e. The quantitative estimate of drug-likeness (QED) is 0.0496. The molecule has 390 valence electrons. The molecule has 0 aliphatic heterocycles. The Bertz CT molecular complexity index is 3780. The summed E-state index contributed by atoms with van der Waals surface area (Å²) in [6, 6.07) is 48.6. The van der Waals surface area contributed by atoms with Crippen molar-refractivity contribution in [3.8, 4) is 23.0 Å². The molecule has 0 saturated carbocycles. The molecule has 0 unspecified atom stereocenters. The van der Waals surface area contributed by atoms with Crippen LogP contribution >= 0.6 is 0 Å². The van der Waals surface area contributed by atoms with E-state index in [-0.39, 0.29) is 0 Å². The van der Waals surface area contributed by atoms with Gasteiger partial charge in [0.05, 0.1) is 95.3 Å². The zero-order chi connectivity index (χ0) is 53.6. The molecule has 0 radical (unpaired) electrons. The third kappa shape index (κ3) is 9.04. The highest BCUT2D eigenvalue weighted by atomic mass is 16.5. The highest BCUT2D eigenvalue weighted by Gasteiger charge is 2.19. The summed E-state index contributed by atoms with van der Waals surface area (Å²) in [6.45, 7) is 1.52. The molecule has 0 spiro atoms. The summed E-state index contributed by atoms with van der Waals surface area (Å²) in [7, 11) is 6.63. The van der Waals surface area contributed by atoms with Gasteiger partial charge in [-0.05, 0) is 158 Å². The number of nitrogen functional groups attached to an aromatic ring is 4. The topological polar surface area (TPSA) is 199 Å². The molecule has 0 saturated heterocycles. The van der Waals surface area contributed by atoms with Crippen molar-refractivity contribution >= 4 is 133 Å². The maximum absolute atomic E-state index is 6.96. The van der Waals surface area contributed by atoms with Crippen LogP contribution in [0.3, 0.4) is 0 Å². The van der Waals surface area contributed by atoms with Crippen LogP contribution in [-0.2, 0) is 0 Å². The van der Waals surface area contributed by atoms with Gasteiger partial charge < -0.3 is 51.7 Å². The summed E-state index contributed by atoms with van der Waals surface area (Å²) in [6.07, 6.45) is 6.12. The van der Waals surface area contributed by atoms with Gasteiger partial charge in [0, 0.05) is 78.9 Å². The molecule has 0 aliphatic carbocycles. The fourth-order valence-corrected chi connectivity index (χ4v) is 11.0. The van der Waals surface area contributed by atoms with Gasteiger partial charge in [-0.1, -0.05) is 25.7 Å². The smallest absolute Gasteiger partial charge is 0.119 e. The van der Waals surface area contributed by atoms with Gasteiger partial charge >= 0.3 is 0 Å². The first-order chi connectivity index (χ1) is 38.1. The van der Waals surface area contributed by atoms with Gasteiger partial charge in [-0.2, -0.15) is 0 Å². The summed E-state index contributed by atoms with van der Waals surface area (Å²) < 4.78 is 22.2. The van der Waals surface area contributed by atoms with Crippen LogP contribution in [0.1, 0.15) is 38.5 Å². The third-order valence-electron chi connectivity index (χ3n) is 15.3. The molecule has 12 rings (SSSR count). The average Bonchev–Trinajstić information content (AvgIpc) is 3.51. The zero-order valence-electron chi connectivity index (χ0n) is 44.1. The van der Waals surface area contributed by atoms with Crippen LogP contribution in [0.15, 0.2) is 146 Å². The minimum atomic E-state index is 0.662. The molecule has 4 aromatic heterocycles. The summed E-state index contributed by atoms with van der Waals surface area (Å²) >= 11 is 0. The number of rotatable bonds is 17. The highest BCUT2D eigenvalue weighted by molar-refractivity contribution is 6.11. The second-order valence-electron chi connectivity index (χ2n) is 19.9. The Balaban J connectivity index is 0.806. The van der Waals surface area contributed by atoms with Gasteiger partial charge in [-0.25, -0.2) is 19.9 Å². The summed E-state index contributed by atoms with van der Waals surface area (Å²) in [4.78, 5) is 24.7. The van der Waals surface area contributed by atoms with Crippen LogP contribution in [0.2, 0.25) is 0 Å². The molecule has 0 atom stereocenters. The van der Waals surface area contributed by atoms with Crippen LogP contribution in [0.25, 0.3) is 87.2 Å². The van der Waals surface area contributed by atoms with E-state index < -0.39 is 0 Å². The largest absolute Gasteiger partial charge is 0.497 e. The van der Waals surface area contributed by atoms with E-state index in [0.717, 1.165) is 185 Å². The summed E-state index contributed by atoms with van der Waals surface area (Å²) in [5.41, 5.74) is 41.1. The summed E-state index contributed by atoms with van der Waals surface area (Å²) in [5.74, 6) is 2.91. The Morgan fingerprint density at radius 3 is 0.718 bits per heavy atom. The number of aromatic nitrogens is 4. The second kappa shape index (κ2) is 20.5. The molecule has 12 aromatic rings. The van der Waals surface area contributed by atoms with Gasteiger partial charge in [-0.15, -0.1) is 0 Å². The maximum Gasteiger partial charge on any atom is 0.119 e. The van der Waals surface area contributed by atoms with Crippen LogP contribution in [0.5, 0.6) is 23.0 Å². The van der Waals surface area contributed by atoms with Crippen LogP contribution in [0.4, 0.5) is 45.5 Å². The lowest BCUT2D eigenvalue weighted by atomic mass is 10.0. The van der Waals surface area contributed by atoms with Crippen molar-refractivity contribution in [3.63, 3.8) is 0 Å². The van der Waals surface area contributed by atoms with Crippen LogP contribution < -0.4 is 51.7 Å². The number of anilines is 8. The van der Waals surface area contributed by atoms with Crippen molar-refractivity contribution in [2.45, 2.75) is 38.5 Å². The molecular formula is C64H60N10O4. The van der Waals surface area contributed by atoms with E-state index >= 15 is 0 Å². The number of benzene rings is 8.